The molecule has 0 aliphatic carbocycles. The highest BCUT2D eigenvalue weighted by Crippen LogP contribution is 2.22. The highest BCUT2D eigenvalue weighted by Gasteiger charge is 2.06. The Balaban J connectivity index is 1.53. The third kappa shape index (κ3) is 5.45. The molecule has 0 spiro atoms. The molecule has 0 atom stereocenters. The number of nitrogens with one attached hydrogen (secondary N) is 1. The average Bonchev–Trinajstić information content (AvgIpc) is 2.69. The van der Waals surface area contributed by atoms with Crippen LogP contribution in [0.4, 0.5) is 0 Å². The second-order valence-electron chi connectivity index (χ2n) is 6.29. The van der Waals surface area contributed by atoms with Crippen molar-refractivity contribution in [1.29, 1.82) is 0 Å². The van der Waals surface area contributed by atoms with E-state index in [-0.39, 0.29) is 12.5 Å². The maximum absolute atomic E-state index is 12.0. The zero-order chi connectivity index (χ0) is 19.8. The number of carbonyl (C=O) groups is 1. The topological polar surface area (TPSA) is 59.9 Å². The van der Waals surface area contributed by atoms with E-state index in [1.807, 2.05) is 86.6 Å². The number of hydrazone groups is 1. The van der Waals surface area contributed by atoms with E-state index in [0.29, 0.717) is 5.75 Å². The predicted molar refractivity (Wildman–Crippen MR) is 110 cm³/mol. The van der Waals surface area contributed by atoms with Crippen LogP contribution in [-0.2, 0) is 4.79 Å². The average molecular weight is 374 g/mol. The number of benzene rings is 3. The van der Waals surface area contributed by atoms with Crippen LogP contribution in [-0.4, -0.2) is 18.7 Å². The molecule has 1 amide bonds. The van der Waals surface area contributed by atoms with Gasteiger partial charge in [-0.2, -0.15) is 5.10 Å². The summed E-state index contributed by atoms with van der Waals surface area (Å²) in [4.78, 5) is 12.0. The summed E-state index contributed by atoms with van der Waals surface area (Å²) in [7, 11) is 0. The van der Waals surface area contributed by atoms with E-state index in [9.17, 15) is 4.79 Å². The van der Waals surface area contributed by atoms with E-state index in [1.54, 1.807) is 6.21 Å². The number of amides is 1. The normalized spacial score (nSPS) is 10.6. The lowest BCUT2D eigenvalue weighted by atomic mass is 10.1. The maximum Gasteiger partial charge on any atom is 0.277 e. The Labute approximate surface area is 164 Å². The fourth-order valence-electron chi connectivity index (χ4n) is 2.66. The molecule has 0 unspecified atom stereocenters. The molecule has 0 radical (unpaired) electrons. The van der Waals surface area contributed by atoms with E-state index in [0.717, 1.165) is 28.2 Å². The molecule has 0 fully saturated rings. The second-order valence-corrected chi connectivity index (χ2v) is 6.29. The van der Waals surface area contributed by atoms with Crippen molar-refractivity contribution in [2.24, 2.45) is 5.10 Å². The monoisotopic (exact) mass is 374 g/mol. The Kier molecular flexibility index (Phi) is 6.41. The van der Waals surface area contributed by atoms with Gasteiger partial charge in [0.2, 0.25) is 0 Å². The Morgan fingerprint density at radius 1 is 0.929 bits per heavy atom. The smallest absolute Gasteiger partial charge is 0.277 e. The number of para-hydroxylation sites is 2. The van der Waals surface area contributed by atoms with Crippen molar-refractivity contribution in [2.45, 2.75) is 13.8 Å². The Hall–Kier alpha value is -3.60. The minimum atomic E-state index is -0.324. The second kappa shape index (κ2) is 9.37. The minimum absolute atomic E-state index is 0.0970. The van der Waals surface area contributed by atoms with Gasteiger partial charge in [-0.25, -0.2) is 5.43 Å². The zero-order valence-electron chi connectivity index (χ0n) is 15.9. The van der Waals surface area contributed by atoms with Crippen LogP contribution in [0.5, 0.6) is 17.2 Å². The van der Waals surface area contributed by atoms with Gasteiger partial charge in [-0.15, -0.1) is 0 Å². The van der Waals surface area contributed by atoms with E-state index in [4.69, 9.17) is 9.47 Å². The third-order valence-corrected chi connectivity index (χ3v) is 4.00. The number of rotatable bonds is 7. The van der Waals surface area contributed by atoms with Gasteiger partial charge in [0.05, 0.1) is 6.21 Å². The van der Waals surface area contributed by atoms with Gasteiger partial charge in [0, 0.05) is 0 Å². The van der Waals surface area contributed by atoms with Crippen LogP contribution >= 0.6 is 0 Å². The Bertz CT molecular complexity index is 948. The summed E-state index contributed by atoms with van der Waals surface area (Å²) in [6.07, 6.45) is 1.56. The van der Waals surface area contributed by atoms with Crippen LogP contribution < -0.4 is 14.9 Å². The van der Waals surface area contributed by atoms with Crippen molar-refractivity contribution in [2.75, 3.05) is 6.61 Å². The minimum Gasteiger partial charge on any atom is -0.483 e. The van der Waals surface area contributed by atoms with Gasteiger partial charge in [0.1, 0.15) is 17.2 Å². The summed E-state index contributed by atoms with van der Waals surface area (Å²) in [5.74, 6) is 1.86. The van der Waals surface area contributed by atoms with Crippen LogP contribution in [0.25, 0.3) is 0 Å². The van der Waals surface area contributed by atoms with E-state index in [2.05, 4.69) is 10.5 Å². The number of nitrogens with zero attached hydrogens (tertiary/aromatic N) is 1. The van der Waals surface area contributed by atoms with Gasteiger partial charge in [-0.05, 0) is 54.8 Å². The van der Waals surface area contributed by atoms with E-state index < -0.39 is 0 Å². The lowest BCUT2D eigenvalue weighted by Gasteiger charge is -2.10. The van der Waals surface area contributed by atoms with Gasteiger partial charge in [0.25, 0.3) is 5.91 Å². The summed E-state index contributed by atoms with van der Waals surface area (Å²) in [6, 6.07) is 22.8. The molecule has 0 bridgehead atoms. The van der Waals surface area contributed by atoms with Crippen molar-refractivity contribution in [3.63, 3.8) is 0 Å². The van der Waals surface area contributed by atoms with Crippen LogP contribution in [0, 0.1) is 13.8 Å². The molecule has 3 aromatic rings. The fourth-order valence-corrected chi connectivity index (χ4v) is 2.66. The molecule has 28 heavy (non-hydrogen) atoms. The molecule has 142 valence electrons. The molecule has 0 saturated carbocycles. The van der Waals surface area contributed by atoms with Gasteiger partial charge < -0.3 is 9.47 Å². The number of ether oxygens (including phenoxy) is 2. The quantitative estimate of drug-likeness (QED) is 0.485. The largest absolute Gasteiger partial charge is 0.483 e. The summed E-state index contributed by atoms with van der Waals surface area (Å²) in [5, 5.41) is 3.99. The van der Waals surface area contributed by atoms with Gasteiger partial charge in [-0.1, -0.05) is 48.5 Å². The van der Waals surface area contributed by atoms with Gasteiger partial charge in [0.15, 0.2) is 6.61 Å². The van der Waals surface area contributed by atoms with Crippen molar-refractivity contribution in [3.8, 4) is 17.2 Å². The first-order valence-corrected chi connectivity index (χ1v) is 8.96. The molecule has 3 aromatic carbocycles. The Morgan fingerprint density at radius 2 is 1.61 bits per heavy atom. The van der Waals surface area contributed by atoms with E-state index >= 15 is 0 Å². The van der Waals surface area contributed by atoms with Crippen molar-refractivity contribution in [1.82, 2.24) is 5.43 Å². The lowest BCUT2D eigenvalue weighted by molar-refractivity contribution is -0.123. The van der Waals surface area contributed by atoms with Crippen LogP contribution in [0.3, 0.4) is 0 Å². The first-order chi connectivity index (χ1) is 13.6. The fraction of sp³-hybridized carbons (Fsp3) is 0.130. The number of hydrogen-bond donors (Lipinski definition) is 1. The number of aryl methyl sites for hydroxylation is 2. The van der Waals surface area contributed by atoms with Gasteiger partial charge in [-0.3, -0.25) is 4.79 Å². The van der Waals surface area contributed by atoms with Crippen LogP contribution in [0.15, 0.2) is 77.9 Å². The van der Waals surface area contributed by atoms with Crippen LogP contribution in [0.2, 0.25) is 0 Å². The molecule has 0 saturated heterocycles. The van der Waals surface area contributed by atoms with Crippen molar-refractivity contribution >= 4 is 12.1 Å². The van der Waals surface area contributed by atoms with Crippen molar-refractivity contribution in [3.05, 3.63) is 89.5 Å². The summed E-state index contributed by atoms with van der Waals surface area (Å²) in [5.41, 5.74) is 5.27. The third-order valence-electron chi connectivity index (χ3n) is 4.00. The van der Waals surface area contributed by atoms with Crippen molar-refractivity contribution < 1.29 is 14.3 Å². The summed E-state index contributed by atoms with van der Waals surface area (Å²) in [6.45, 7) is 3.80. The molecule has 1 N–H and O–H groups in total. The van der Waals surface area contributed by atoms with Gasteiger partial charge >= 0.3 is 0 Å². The summed E-state index contributed by atoms with van der Waals surface area (Å²) < 4.78 is 11.4. The molecule has 0 heterocycles. The Morgan fingerprint density at radius 3 is 2.36 bits per heavy atom. The highest BCUT2D eigenvalue weighted by atomic mass is 16.5. The maximum atomic E-state index is 12.0. The number of hydrogen-bond acceptors (Lipinski definition) is 4. The molecule has 5 heteroatoms. The molecule has 0 aliphatic rings. The first kappa shape index (κ1) is 19.2. The molecule has 0 aliphatic heterocycles. The predicted octanol–water partition coefficient (Wildman–Crippen LogP) is 4.62. The molecular weight excluding hydrogens is 352 g/mol. The SMILES string of the molecule is Cc1cccc(C)c1OCC(=O)NN=Cc1cccc(Oc2ccccc2)c1. The molecular formula is C23H22N2O3. The van der Waals surface area contributed by atoms with Crippen LogP contribution in [0.1, 0.15) is 16.7 Å². The first-order valence-electron chi connectivity index (χ1n) is 8.96. The van der Waals surface area contributed by atoms with E-state index in [1.165, 1.54) is 0 Å². The lowest BCUT2D eigenvalue weighted by Crippen LogP contribution is -2.25. The standard InChI is InChI=1S/C23H22N2O3/c1-17-8-6-9-18(2)23(17)27-16-22(26)25-24-15-19-10-7-13-21(14-19)28-20-11-4-3-5-12-20/h3-15H,16H2,1-2H3,(H,25,26). The highest BCUT2D eigenvalue weighted by molar-refractivity contribution is 5.83. The summed E-state index contributed by atoms with van der Waals surface area (Å²) >= 11 is 0. The molecule has 5 nitrogen and oxygen atoms in total. The molecule has 3 rings (SSSR count). The zero-order valence-corrected chi connectivity index (χ0v) is 15.9. The molecule has 0 aromatic heterocycles. The number of carbonyl (C=O) groups excluding carboxylic acids is 1.